The van der Waals surface area contributed by atoms with Crippen molar-refractivity contribution >= 4 is 16.9 Å². The number of H-pyrrole nitrogens is 2. The minimum absolute atomic E-state index is 0.0420. The van der Waals surface area contributed by atoms with Crippen molar-refractivity contribution in [3.8, 4) is 0 Å². The van der Waals surface area contributed by atoms with Crippen LogP contribution in [0.5, 0.6) is 0 Å². The van der Waals surface area contributed by atoms with Crippen molar-refractivity contribution in [2.24, 2.45) is 0 Å². The van der Waals surface area contributed by atoms with Gasteiger partial charge in [-0.05, 0) is 18.2 Å². The number of nitrogens with zero attached hydrogens (tertiary/aromatic N) is 3. The summed E-state index contributed by atoms with van der Waals surface area (Å²) in [7, 11) is 0. The predicted molar refractivity (Wildman–Crippen MR) is 94.3 cm³/mol. The summed E-state index contributed by atoms with van der Waals surface area (Å²) in [6.45, 7) is 3.67. The number of carbonyl (C=O) groups excluding carboxylic acids is 1. The average molecular weight is 337 g/mol. The molecule has 0 atom stereocenters. The highest BCUT2D eigenvalue weighted by Crippen LogP contribution is 2.13. The molecule has 7 nitrogen and oxygen atoms in total. The van der Waals surface area contributed by atoms with Crippen molar-refractivity contribution in [3.05, 3.63) is 64.3 Å². The lowest BCUT2D eigenvalue weighted by Gasteiger charge is -2.34. The quantitative estimate of drug-likeness (QED) is 0.752. The second-order valence-corrected chi connectivity index (χ2v) is 6.21. The van der Waals surface area contributed by atoms with Gasteiger partial charge < -0.3 is 14.9 Å². The summed E-state index contributed by atoms with van der Waals surface area (Å²) < 4.78 is 0. The summed E-state index contributed by atoms with van der Waals surface area (Å²) in [5.74, 6) is 0.904. The van der Waals surface area contributed by atoms with Crippen molar-refractivity contribution in [1.82, 2.24) is 24.8 Å². The smallest absolute Gasteiger partial charge is 0.255 e. The van der Waals surface area contributed by atoms with Gasteiger partial charge in [-0.2, -0.15) is 0 Å². The van der Waals surface area contributed by atoms with Gasteiger partial charge in [0.15, 0.2) is 0 Å². The number of hydrogen-bond acceptors (Lipinski definition) is 4. The molecule has 0 bridgehead atoms. The van der Waals surface area contributed by atoms with E-state index in [0.29, 0.717) is 18.7 Å². The van der Waals surface area contributed by atoms with Crippen LogP contribution in [0.25, 0.3) is 11.0 Å². The third kappa shape index (κ3) is 3.32. The number of rotatable bonds is 3. The van der Waals surface area contributed by atoms with E-state index in [2.05, 4.69) is 19.9 Å². The lowest BCUT2D eigenvalue weighted by Crippen LogP contribution is -2.48. The Hall–Kier alpha value is -2.93. The fraction of sp³-hybridized carbons (Fsp3) is 0.278. The number of hydrogen-bond donors (Lipinski definition) is 2. The van der Waals surface area contributed by atoms with E-state index < -0.39 is 0 Å². The van der Waals surface area contributed by atoms with Gasteiger partial charge in [-0.1, -0.05) is 12.1 Å². The van der Waals surface area contributed by atoms with Gasteiger partial charge in [0.2, 0.25) is 5.56 Å². The molecule has 7 heteroatoms. The zero-order valence-electron chi connectivity index (χ0n) is 13.7. The third-order valence-electron chi connectivity index (χ3n) is 4.50. The van der Waals surface area contributed by atoms with E-state index in [1.54, 1.807) is 6.07 Å². The van der Waals surface area contributed by atoms with Crippen LogP contribution in [-0.2, 0) is 6.54 Å². The Labute approximate surface area is 144 Å². The molecule has 0 radical (unpaired) electrons. The summed E-state index contributed by atoms with van der Waals surface area (Å²) >= 11 is 0. The van der Waals surface area contributed by atoms with Gasteiger partial charge in [0.1, 0.15) is 5.82 Å². The Morgan fingerprint density at radius 1 is 1.08 bits per heavy atom. The molecular formula is C18H19N5O2. The Morgan fingerprint density at radius 3 is 2.60 bits per heavy atom. The monoisotopic (exact) mass is 337 g/mol. The maximum absolute atomic E-state index is 12.5. The van der Waals surface area contributed by atoms with Gasteiger partial charge in [0, 0.05) is 38.4 Å². The van der Waals surface area contributed by atoms with Crippen LogP contribution in [0.1, 0.15) is 16.2 Å². The summed E-state index contributed by atoms with van der Waals surface area (Å²) in [5.41, 5.74) is 2.34. The van der Waals surface area contributed by atoms with Crippen molar-refractivity contribution in [3.63, 3.8) is 0 Å². The number of carbonyl (C=O) groups is 1. The normalized spacial score (nSPS) is 15.6. The molecule has 25 heavy (non-hydrogen) atoms. The first-order chi connectivity index (χ1) is 12.2. The van der Waals surface area contributed by atoms with Gasteiger partial charge in [0.25, 0.3) is 5.91 Å². The Kier molecular flexibility index (Phi) is 4.07. The van der Waals surface area contributed by atoms with E-state index in [0.717, 1.165) is 36.5 Å². The first-order valence-corrected chi connectivity index (χ1v) is 8.33. The molecule has 1 aliphatic heterocycles. The molecule has 1 aromatic carbocycles. The molecule has 1 fully saturated rings. The zero-order valence-corrected chi connectivity index (χ0v) is 13.7. The zero-order chi connectivity index (χ0) is 17.2. The molecule has 4 rings (SSSR count). The molecule has 0 spiro atoms. The van der Waals surface area contributed by atoms with E-state index in [1.807, 2.05) is 29.2 Å². The van der Waals surface area contributed by atoms with Crippen LogP contribution in [0.2, 0.25) is 0 Å². The van der Waals surface area contributed by atoms with Gasteiger partial charge in [-0.25, -0.2) is 4.98 Å². The lowest BCUT2D eigenvalue weighted by atomic mass is 10.2. The number of para-hydroxylation sites is 2. The molecule has 2 N–H and O–H groups in total. The highest BCUT2D eigenvalue weighted by atomic mass is 16.2. The van der Waals surface area contributed by atoms with Crippen molar-refractivity contribution in [2.75, 3.05) is 26.2 Å². The van der Waals surface area contributed by atoms with E-state index in [4.69, 9.17) is 0 Å². The minimum atomic E-state index is -0.202. The maximum atomic E-state index is 12.5. The highest BCUT2D eigenvalue weighted by Gasteiger charge is 2.22. The molecule has 0 saturated carbocycles. The summed E-state index contributed by atoms with van der Waals surface area (Å²) in [4.78, 5) is 38.2. The third-order valence-corrected chi connectivity index (χ3v) is 4.50. The van der Waals surface area contributed by atoms with E-state index in [9.17, 15) is 9.59 Å². The second-order valence-electron chi connectivity index (χ2n) is 6.21. The molecule has 0 unspecified atom stereocenters. The Balaban J connectivity index is 1.37. The van der Waals surface area contributed by atoms with Gasteiger partial charge in [-0.15, -0.1) is 0 Å². The van der Waals surface area contributed by atoms with Crippen LogP contribution < -0.4 is 5.56 Å². The molecule has 0 aliphatic carbocycles. The van der Waals surface area contributed by atoms with Gasteiger partial charge in [-0.3, -0.25) is 14.5 Å². The van der Waals surface area contributed by atoms with Crippen molar-refractivity contribution in [2.45, 2.75) is 6.54 Å². The van der Waals surface area contributed by atoms with Crippen molar-refractivity contribution < 1.29 is 4.79 Å². The van der Waals surface area contributed by atoms with Gasteiger partial charge >= 0.3 is 0 Å². The summed E-state index contributed by atoms with van der Waals surface area (Å²) in [6, 6.07) is 10.9. The van der Waals surface area contributed by atoms with E-state index in [1.165, 1.54) is 12.3 Å². The molecule has 1 saturated heterocycles. The number of fused-ring (bicyclic) bond motifs is 1. The number of imidazole rings is 1. The van der Waals surface area contributed by atoms with E-state index in [-0.39, 0.29) is 11.5 Å². The van der Waals surface area contributed by atoms with Crippen LogP contribution in [0, 0.1) is 0 Å². The number of amides is 1. The van der Waals surface area contributed by atoms with Crippen LogP contribution in [0.15, 0.2) is 47.4 Å². The number of nitrogens with one attached hydrogen (secondary N) is 2. The fourth-order valence-electron chi connectivity index (χ4n) is 3.13. The molecule has 3 heterocycles. The first-order valence-electron chi connectivity index (χ1n) is 8.33. The number of aromatic amines is 2. The molecule has 2 aromatic heterocycles. The standard InChI is InChI=1S/C18H19N5O2/c24-17-6-5-13(11-19-17)18(25)23-9-7-22(8-10-23)12-16-20-14-3-1-2-4-15(14)21-16/h1-6,11H,7-10,12H2,(H,19,24)(H,20,21). The van der Waals surface area contributed by atoms with Crippen LogP contribution >= 0.6 is 0 Å². The van der Waals surface area contributed by atoms with E-state index >= 15 is 0 Å². The number of aromatic nitrogens is 3. The Bertz CT molecular complexity index is 900. The highest BCUT2D eigenvalue weighted by molar-refractivity contribution is 5.93. The topological polar surface area (TPSA) is 85.1 Å². The largest absolute Gasteiger partial charge is 0.341 e. The second kappa shape index (κ2) is 6.52. The fourth-order valence-corrected chi connectivity index (χ4v) is 3.13. The van der Waals surface area contributed by atoms with Crippen LogP contribution in [-0.4, -0.2) is 56.8 Å². The molecular weight excluding hydrogens is 318 g/mol. The summed E-state index contributed by atoms with van der Waals surface area (Å²) in [6.07, 6.45) is 1.48. The number of piperazine rings is 1. The lowest BCUT2D eigenvalue weighted by molar-refractivity contribution is 0.0625. The Morgan fingerprint density at radius 2 is 1.88 bits per heavy atom. The maximum Gasteiger partial charge on any atom is 0.255 e. The van der Waals surface area contributed by atoms with Crippen LogP contribution in [0.4, 0.5) is 0 Å². The predicted octanol–water partition coefficient (Wildman–Crippen LogP) is 1.21. The first kappa shape index (κ1) is 15.6. The van der Waals surface area contributed by atoms with Crippen molar-refractivity contribution in [1.29, 1.82) is 0 Å². The number of pyridine rings is 1. The molecule has 1 aliphatic rings. The average Bonchev–Trinajstić information content (AvgIpc) is 3.05. The van der Waals surface area contributed by atoms with Gasteiger partial charge in [0.05, 0.1) is 23.1 Å². The number of benzene rings is 1. The van der Waals surface area contributed by atoms with Crippen LogP contribution in [0.3, 0.4) is 0 Å². The minimum Gasteiger partial charge on any atom is -0.341 e. The molecule has 3 aromatic rings. The molecule has 128 valence electrons. The SMILES string of the molecule is O=C(c1ccc(=O)[nH]c1)N1CCN(Cc2nc3ccccc3[nH]2)CC1. The molecule has 1 amide bonds. The summed E-state index contributed by atoms with van der Waals surface area (Å²) in [5, 5.41) is 0.